The van der Waals surface area contributed by atoms with Gasteiger partial charge in [-0.3, -0.25) is 9.59 Å². The summed E-state index contributed by atoms with van der Waals surface area (Å²) in [6.07, 6.45) is 3.28. The largest absolute Gasteiger partial charge is 0.366 e. The molecule has 0 saturated carbocycles. The Labute approximate surface area is 139 Å². The lowest BCUT2D eigenvalue weighted by Gasteiger charge is -2.04. The van der Waals surface area contributed by atoms with Crippen LogP contribution in [0.5, 0.6) is 0 Å². The molecule has 3 rings (SSSR count). The quantitative estimate of drug-likeness (QED) is 0.722. The summed E-state index contributed by atoms with van der Waals surface area (Å²) in [5.41, 5.74) is 7.17. The number of rotatable bonds is 4. The molecule has 0 spiro atoms. The summed E-state index contributed by atoms with van der Waals surface area (Å²) in [6, 6.07) is 20.4. The van der Waals surface area contributed by atoms with Crippen LogP contribution in [0, 0.1) is 0 Å². The minimum atomic E-state index is -0.497. The second-order valence-electron chi connectivity index (χ2n) is 5.33. The Morgan fingerprint density at radius 3 is 2.33 bits per heavy atom. The summed E-state index contributed by atoms with van der Waals surface area (Å²) < 4.78 is 0. The van der Waals surface area contributed by atoms with Crippen molar-refractivity contribution in [1.29, 1.82) is 0 Å². The highest BCUT2D eigenvalue weighted by Gasteiger charge is 2.02. The fourth-order valence-electron chi connectivity index (χ4n) is 2.46. The Kier molecular flexibility index (Phi) is 4.38. The molecule has 2 amide bonds. The highest BCUT2D eigenvalue weighted by molar-refractivity contribution is 6.03. The average molecular weight is 316 g/mol. The van der Waals surface area contributed by atoms with Crippen LogP contribution in [0.25, 0.3) is 16.8 Å². The molecule has 0 bridgehead atoms. The first-order chi connectivity index (χ1) is 11.6. The molecule has 0 aliphatic rings. The first-order valence-corrected chi connectivity index (χ1v) is 7.50. The first kappa shape index (κ1) is 15.5. The van der Waals surface area contributed by atoms with Crippen molar-refractivity contribution in [2.24, 2.45) is 5.73 Å². The van der Waals surface area contributed by atoms with Gasteiger partial charge in [-0.1, -0.05) is 42.5 Å². The molecule has 0 heterocycles. The van der Waals surface area contributed by atoms with Gasteiger partial charge in [0.15, 0.2) is 0 Å². The molecule has 24 heavy (non-hydrogen) atoms. The normalized spacial score (nSPS) is 10.8. The molecule has 0 aliphatic heterocycles. The van der Waals surface area contributed by atoms with Gasteiger partial charge < -0.3 is 11.1 Å². The minimum absolute atomic E-state index is 0.241. The molecule has 3 N–H and O–H groups in total. The number of primary amides is 1. The van der Waals surface area contributed by atoms with Crippen molar-refractivity contribution in [1.82, 2.24) is 0 Å². The summed E-state index contributed by atoms with van der Waals surface area (Å²) >= 11 is 0. The third-order valence-electron chi connectivity index (χ3n) is 3.67. The maximum absolute atomic E-state index is 12.1. The molecule has 0 aliphatic carbocycles. The number of nitrogens with one attached hydrogen (secondary N) is 1. The lowest BCUT2D eigenvalue weighted by Crippen LogP contribution is -2.11. The summed E-state index contributed by atoms with van der Waals surface area (Å²) in [5.74, 6) is -0.738. The van der Waals surface area contributed by atoms with Crippen LogP contribution in [0.1, 0.15) is 15.9 Å². The Bertz CT molecular complexity index is 923. The van der Waals surface area contributed by atoms with Crippen LogP contribution in [0.15, 0.2) is 72.8 Å². The third kappa shape index (κ3) is 3.50. The molecular weight excluding hydrogens is 300 g/mol. The first-order valence-electron chi connectivity index (χ1n) is 7.50. The van der Waals surface area contributed by atoms with Gasteiger partial charge in [-0.25, -0.2) is 0 Å². The monoisotopic (exact) mass is 316 g/mol. The minimum Gasteiger partial charge on any atom is -0.366 e. The molecule has 0 fully saturated rings. The van der Waals surface area contributed by atoms with E-state index in [4.69, 9.17) is 5.73 Å². The van der Waals surface area contributed by atoms with Gasteiger partial charge in [0, 0.05) is 17.3 Å². The van der Waals surface area contributed by atoms with Gasteiger partial charge in [-0.05, 0) is 46.7 Å². The zero-order valence-corrected chi connectivity index (χ0v) is 12.9. The highest BCUT2D eigenvalue weighted by atomic mass is 16.1. The summed E-state index contributed by atoms with van der Waals surface area (Å²) in [4.78, 5) is 23.1. The Morgan fingerprint density at radius 1 is 0.875 bits per heavy atom. The molecule has 3 aromatic carbocycles. The SMILES string of the molecule is NC(=O)c1ccc(NC(=O)C=Cc2cccc3ccccc23)cc1. The zero-order chi connectivity index (χ0) is 16.9. The number of hydrogen-bond acceptors (Lipinski definition) is 2. The lowest BCUT2D eigenvalue weighted by molar-refractivity contribution is -0.111. The Balaban J connectivity index is 1.74. The summed E-state index contributed by atoms with van der Waals surface area (Å²) in [5, 5.41) is 4.97. The number of nitrogens with two attached hydrogens (primary N) is 1. The maximum Gasteiger partial charge on any atom is 0.248 e. The Hall–Kier alpha value is -3.40. The van der Waals surface area contributed by atoms with Gasteiger partial charge in [0.2, 0.25) is 11.8 Å². The van der Waals surface area contributed by atoms with Crippen LogP contribution in [-0.2, 0) is 4.79 Å². The van der Waals surface area contributed by atoms with E-state index in [9.17, 15) is 9.59 Å². The van der Waals surface area contributed by atoms with E-state index in [1.807, 2.05) is 42.5 Å². The van der Waals surface area contributed by atoms with E-state index in [-0.39, 0.29) is 5.91 Å². The molecule has 0 radical (unpaired) electrons. The number of amides is 2. The molecule has 0 atom stereocenters. The van der Waals surface area contributed by atoms with E-state index < -0.39 is 5.91 Å². The van der Waals surface area contributed by atoms with Crippen LogP contribution in [-0.4, -0.2) is 11.8 Å². The Morgan fingerprint density at radius 2 is 1.58 bits per heavy atom. The molecule has 0 saturated heterocycles. The molecule has 3 aromatic rings. The van der Waals surface area contributed by atoms with Crippen LogP contribution in [0.2, 0.25) is 0 Å². The van der Waals surface area contributed by atoms with Gasteiger partial charge in [-0.2, -0.15) is 0 Å². The van der Waals surface area contributed by atoms with Crippen molar-refractivity contribution in [3.05, 3.63) is 83.9 Å². The van der Waals surface area contributed by atoms with Crippen molar-refractivity contribution in [2.75, 3.05) is 5.32 Å². The maximum atomic E-state index is 12.1. The van der Waals surface area contributed by atoms with E-state index in [1.165, 1.54) is 6.08 Å². The van der Waals surface area contributed by atoms with Gasteiger partial charge in [0.25, 0.3) is 0 Å². The molecule has 4 nitrogen and oxygen atoms in total. The average Bonchev–Trinajstić information content (AvgIpc) is 2.60. The molecule has 4 heteroatoms. The van der Waals surface area contributed by atoms with Gasteiger partial charge >= 0.3 is 0 Å². The second kappa shape index (κ2) is 6.79. The van der Waals surface area contributed by atoms with E-state index in [0.717, 1.165) is 16.3 Å². The van der Waals surface area contributed by atoms with E-state index >= 15 is 0 Å². The van der Waals surface area contributed by atoms with Crippen molar-refractivity contribution >= 4 is 34.4 Å². The number of fused-ring (bicyclic) bond motifs is 1. The predicted octanol–water partition coefficient (Wildman–Crippen LogP) is 3.59. The molecular formula is C20H16N2O2. The van der Waals surface area contributed by atoms with Gasteiger partial charge in [-0.15, -0.1) is 0 Å². The van der Waals surface area contributed by atoms with Crippen molar-refractivity contribution < 1.29 is 9.59 Å². The van der Waals surface area contributed by atoms with E-state index in [2.05, 4.69) is 5.32 Å². The highest BCUT2D eigenvalue weighted by Crippen LogP contribution is 2.19. The van der Waals surface area contributed by atoms with Crippen molar-refractivity contribution in [2.45, 2.75) is 0 Å². The van der Waals surface area contributed by atoms with Crippen LogP contribution < -0.4 is 11.1 Å². The molecule has 118 valence electrons. The fraction of sp³-hybridized carbons (Fsp3) is 0. The van der Waals surface area contributed by atoms with Crippen molar-refractivity contribution in [3.8, 4) is 0 Å². The van der Waals surface area contributed by atoms with Crippen LogP contribution >= 0.6 is 0 Å². The number of carbonyl (C=O) groups is 2. The third-order valence-corrected chi connectivity index (χ3v) is 3.67. The number of benzene rings is 3. The van der Waals surface area contributed by atoms with E-state index in [1.54, 1.807) is 30.3 Å². The summed E-state index contributed by atoms with van der Waals surface area (Å²) in [7, 11) is 0. The number of hydrogen-bond donors (Lipinski definition) is 2. The fourth-order valence-corrected chi connectivity index (χ4v) is 2.46. The topological polar surface area (TPSA) is 72.2 Å². The number of carbonyl (C=O) groups excluding carboxylic acids is 2. The second-order valence-corrected chi connectivity index (χ2v) is 5.33. The molecule has 0 unspecified atom stereocenters. The lowest BCUT2D eigenvalue weighted by atomic mass is 10.0. The predicted molar refractivity (Wildman–Crippen MR) is 96.6 cm³/mol. The van der Waals surface area contributed by atoms with Crippen molar-refractivity contribution in [3.63, 3.8) is 0 Å². The number of anilines is 1. The van der Waals surface area contributed by atoms with E-state index in [0.29, 0.717) is 11.3 Å². The van der Waals surface area contributed by atoms with Crippen LogP contribution in [0.4, 0.5) is 5.69 Å². The zero-order valence-electron chi connectivity index (χ0n) is 12.9. The van der Waals surface area contributed by atoms with Gasteiger partial charge in [0.1, 0.15) is 0 Å². The smallest absolute Gasteiger partial charge is 0.248 e. The van der Waals surface area contributed by atoms with Crippen LogP contribution in [0.3, 0.4) is 0 Å². The molecule has 0 aromatic heterocycles. The summed E-state index contributed by atoms with van der Waals surface area (Å²) in [6.45, 7) is 0. The van der Waals surface area contributed by atoms with Gasteiger partial charge in [0.05, 0.1) is 0 Å². The standard InChI is InChI=1S/C20H16N2O2/c21-20(24)16-8-11-17(12-9-16)22-19(23)13-10-15-6-3-5-14-4-1-2-7-18(14)15/h1-13H,(H2,21,24)(H,22,23).